The second-order valence-electron chi connectivity index (χ2n) is 12.9. The van der Waals surface area contributed by atoms with Gasteiger partial charge < -0.3 is 14.4 Å². The van der Waals surface area contributed by atoms with E-state index < -0.39 is 35.0 Å². The van der Waals surface area contributed by atoms with Crippen molar-refractivity contribution in [3.8, 4) is 17.2 Å². The number of hydrogen-bond acceptors (Lipinski definition) is 9. The number of nitrogens with one attached hydrogen (secondary N) is 1. The normalized spacial score (nSPS) is 14.0. The lowest BCUT2D eigenvalue weighted by Gasteiger charge is -2.39. The third kappa shape index (κ3) is 5.54. The molecule has 1 aliphatic rings. The van der Waals surface area contributed by atoms with Crippen LogP contribution in [0.4, 0.5) is 23.4 Å². The van der Waals surface area contributed by atoms with E-state index in [0.29, 0.717) is 29.5 Å². The van der Waals surface area contributed by atoms with Gasteiger partial charge in [-0.1, -0.05) is 22.9 Å². The van der Waals surface area contributed by atoms with E-state index in [2.05, 4.69) is 20.6 Å². The minimum absolute atomic E-state index is 0.0271. The van der Waals surface area contributed by atoms with Gasteiger partial charge in [-0.25, -0.2) is 23.1 Å². The third-order valence-electron chi connectivity index (χ3n) is 7.13. The number of rotatable bonds is 3. The summed E-state index contributed by atoms with van der Waals surface area (Å²) in [5.74, 6) is -1.46. The SMILES string of the molecule is CC(C)(C)OC(=O)Nc1sc2c(F)ccc(-c3c(Cl)cc4c(ncc5nnn(C6CN(C(=O)OC(C)(C)C)C6)c54)c3F)c2c1C#N. The Morgan fingerprint density at radius 2 is 1.83 bits per heavy atom. The molecule has 1 N–H and O–H groups in total. The summed E-state index contributed by atoms with van der Waals surface area (Å²) in [4.78, 5) is 30.8. The first-order valence-electron chi connectivity index (χ1n) is 14.2. The fourth-order valence-electron chi connectivity index (χ4n) is 5.25. The average molecular weight is 668 g/mol. The molecule has 0 bridgehead atoms. The number of halogens is 3. The van der Waals surface area contributed by atoms with Crippen LogP contribution >= 0.6 is 22.9 Å². The molecule has 5 aromatic rings. The standard InChI is InChI=1S/C31H28ClF2N7O4S/c1-30(2,3)44-28(42)37-27-17(10-35)21-15(7-8-19(33)26(21)46-27)22-18(32)9-16-24(23(22)34)36-11-20-25(16)41(39-38-20)14-12-40(13-14)29(43)45-31(4,5)6/h7-9,11,14H,12-13H2,1-6H3,(H,37,42). The van der Waals surface area contributed by atoms with E-state index in [-0.39, 0.29) is 48.4 Å². The average Bonchev–Trinajstić information content (AvgIpc) is 3.49. The van der Waals surface area contributed by atoms with Gasteiger partial charge in [-0.3, -0.25) is 10.3 Å². The van der Waals surface area contributed by atoms with Crippen molar-refractivity contribution in [2.24, 2.45) is 0 Å². The Morgan fingerprint density at radius 1 is 1.13 bits per heavy atom. The van der Waals surface area contributed by atoms with Crippen LogP contribution in [0.5, 0.6) is 0 Å². The number of carbonyl (C=O) groups excluding carboxylic acids is 2. The Bertz CT molecular complexity index is 2120. The quantitative estimate of drug-likeness (QED) is 0.206. The van der Waals surface area contributed by atoms with Gasteiger partial charge in [0.15, 0.2) is 5.82 Å². The van der Waals surface area contributed by atoms with Crippen LogP contribution in [0.25, 0.3) is 43.1 Å². The molecule has 4 heterocycles. The molecule has 46 heavy (non-hydrogen) atoms. The number of amides is 2. The van der Waals surface area contributed by atoms with Crippen molar-refractivity contribution in [2.45, 2.75) is 58.8 Å². The summed E-state index contributed by atoms with van der Waals surface area (Å²) in [7, 11) is 0. The van der Waals surface area contributed by atoms with Gasteiger partial charge in [0.2, 0.25) is 0 Å². The zero-order valence-electron chi connectivity index (χ0n) is 25.7. The van der Waals surface area contributed by atoms with Crippen LogP contribution in [0.15, 0.2) is 24.4 Å². The number of ether oxygens (including phenoxy) is 2. The van der Waals surface area contributed by atoms with Crippen molar-refractivity contribution in [3.63, 3.8) is 0 Å². The van der Waals surface area contributed by atoms with Gasteiger partial charge in [-0.2, -0.15) is 5.26 Å². The highest BCUT2D eigenvalue weighted by molar-refractivity contribution is 7.23. The van der Waals surface area contributed by atoms with Crippen LogP contribution in [-0.4, -0.2) is 61.4 Å². The first-order valence-corrected chi connectivity index (χ1v) is 15.4. The number of fused-ring (bicyclic) bond motifs is 4. The summed E-state index contributed by atoms with van der Waals surface area (Å²) in [6.45, 7) is 11.0. The molecule has 0 saturated carbocycles. The molecular weight excluding hydrogens is 640 g/mol. The number of likely N-dealkylation sites (tertiary alicyclic amines) is 1. The molecule has 0 aliphatic carbocycles. The lowest BCUT2D eigenvalue weighted by Crippen LogP contribution is -2.52. The number of thiophene rings is 1. The van der Waals surface area contributed by atoms with Crippen LogP contribution < -0.4 is 5.32 Å². The van der Waals surface area contributed by atoms with Gasteiger partial charge in [0.05, 0.1) is 27.5 Å². The van der Waals surface area contributed by atoms with E-state index in [0.717, 1.165) is 17.4 Å². The van der Waals surface area contributed by atoms with Gasteiger partial charge >= 0.3 is 12.2 Å². The molecule has 1 saturated heterocycles. The molecular formula is C31H28ClF2N7O4S. The lowest BCUT2D eigenvalue weighted by atomic mass is 9.96. The summed E-state index contributed by atoms with van der Waals surface area (Å²) in [6, 6.07) is 5.78. The van der Waals surface area contributed by atoms with E-state index in [1.165, 1.54) is 23.2 Å². The monoisotopic (exact) mass is 667 g/mol. The molecule has 0 radical (unpaired) electrons. The van der Waals surface area contributed by atoms with Crippen LogP contribution in [0.2, 0.25) is 5.02 Å². The van der Waals surface area contributed by atoms with Gasteiger partial charge in [-0.15, -0.1) is 16.4 Å². The number of nitriles is 1. The highest BCUT2D eigenvalue weighted by Crippen LogP contribution is 2.46. The summed E-state index contributed by atoms with van der Waals surface area (Å²) in [5, 5.41) is 21.5. The van der Waals surface area contributed by atoms with Crippen molar-refractivity contribution in [2.75, 3.05) is 18.4 Å². The van der Waals surface area contributed by atoms with Crippen molar-refractivity contribution in [3.05, 3.63) is 46.6 Å². The second kappa shape index (κ2) is 11.0. The maximum Gasteiger partial charge on any atom is 0.412 e. The fourth-order valence-corrected chi connectivity index (χ4v) is 6.62. The molecule has 0 spiro atoms. The summed E-state index contributed by atoms with van der Waals surface area (Å²) in [5.41, 5.74) is -0.636. The molecule has 1 aliphatic heterocycles. The van der Waals surface area contributed by atoms with Crippen molar-refractivity contribution in [1.29, 1.82) is 5.26 Å². The van der Waals surface area contributed by atoms with E-state index in [1.807, 2.05) is 6.07 Å². The number of carbonyl (C=O) groups is 2. The summed E-state index contributed by atoms with van der Waals surface area (Å²) in [6.07, 6.45) is 0.117. The molecule has 2 amide bonds. The Balaban J connectivity index is 1.44. The molecule has 0 unspecified atom stereocenters. The molecule has 238 valence electrons. The van der Waals surface area contributed by atoms with Crippen LogP contribution in [0.1, 0.15) is 53.1 Å². The number of hydrogen-bond donors (Lipinski definition) is 1. The van der Waals surface area contributed by atoms with Gasteiger partial charge in [-0.05, 0) is 59.2 Å². The number of aromatic nitrogens is 4. The van der Waals surface area contributed by atoms with Crippen molar-refractivity contribution in [1.82, 2.24) is 24.9 Å². The van der Waals surface area contributed by atoms with E-state index in [4.69, 9.17) is 21.1 Å². The molecule has 0 atom stereocenters. The second-order valence-corrected chi connectivity index (χ2v) is 14.3. The topological polar surface area (TPSA) is 135 Å². The minimum Gasteiger partial charge on any atom is -0.444 e. The van der Waals surface area contributed by atoms with Crippen molar-refractivity contribution < 1.29 is 27.8 Å². The van der Waals surface area contributed by atoms with Gasteiger partial charge in [0.25, 0.3) is 0 Å². The molecule has 1 fully saturated rings. The first kappa shape index (κ1) is 31.4. The zero-order valence-corrected chi connectivity index (χ0v) is 27.2. The van der Waals surface area contributed by atoms with E-state index >= 15 is 8.78 Å². The van der Waals surface area contributed by atoms with Gasteiger partial charge in [0, 0.05) is 29.4 Å². The Morgan fingerprint density at radius 3 is 2.48 bits per heavy atom. The summed E-state index contributed by atoms with van der Waals surface area (Å²) < 4.78 is 44.0. The lowest BCUT2D eigenvalue weighted by molar-refractivity contribution is -0.0000646. The third-order valence-corrected chi connectivity index (χ3v) is 8.54. The fraction of sp³-hybridized carbons (Fsp3) is 0.355. The first-order chi connectivity index (χ1) is 21.6. The smallest absolute Gasteiger partial charge is 0.412 e. The highest BCUT2D eigenvalue weighted by atomic mass is 35.5. The number of nitrogens with zero attached hydrogens (tertiary/aromatic N) is 6. The highest BCUT2D eigenvalue weighted by Gasteiger charge is 2.37. The number of benzene rings is 2. The van der Waals surface area contributed by atoms with E-state index in [9.17, 15) is 14.9 Å². The Hall–Kier alpha value is -4.61. The molecule has 2 aromatic carbocycles. The van der Waals surface area contributed by atoms with E-state index in [1.54, 1.807) is 46.2 Å². The molecule has 3 aromatic heterocycles. The Kier molecular flexibility index (Phi) is 7.52. The number of pyridine rings is 1. The van der Waals surface area contributed by atoms with Gasteiger partial charge in [0.1, 0.15) is 44.6 Å². The number of anilines is 1. The maximum absolute atomic E-state index is 16.5. The predicted octanol–water partition coefficient (Wildman–Crippen LogP) is 7.80. The summed E-state index contributed by atoms with van der Waals surface area (Å²) >= 11 is 7.59. The van der Waals surface area contributed by atoms with Crippen molar-refractivity contribution >= 4 is 72.1 Å². The van der Waals surface area contributed by atoms with Crippen LogP contribution in [-0.2, 0) is 9.47 Å². The Labute approximate surface area is 270 Å². The largest absolute Gasteiger partial charge is 0.444 e. The zero-order chi connectivity index (χ0) is 33.3. The maximum atomic E-state index is 16.5. The minimum atomic E-state index is -0.827. The molecule has 15 heteroatoms. The predicted molar refractivity (Wildman–Crippen MR) is 170 cm³/mol. The van der Waals surface area contributed by atoms with Crippen LogP contribution in [0.3, 0.4) is 0 Å². The molecule has 11 nitrogen and oxygen atoms in total. The molecule has 6 rings (SSSR count). The van der Waals surface area contributed by atoms with Crippen LogP contribution in [0, 0.1) is 23.0 Å².